The van der Waals surface area contributed by atoms with E-state index in [1.165, 1.54) is 12.1 Å². The Morgan fingerprint density at radius 3 is 2.54 bits per heavy atom. The number of hydrogen-bond acceptors (Lipinski definition) is 6. The summed E-state index contributed by atoms with van der Waals surface area (Å²) >= 11 is 3.50. The second kappa shape index (κ2) is 9.98. The molecule has 0 fully saturated rings. The number of nitrogens with one attached hydrogen (secondary N) is 2. The molecule has 0 atom stereocenters. The minimum absolute atomic E-state index is 0.0869. The van der Waals surface area contributed by atoms with Gasteiger partial charge in [-0.15, -0.1) is 0 Å². The van der Waals surface area contributed by atoms with Crippen LogP contribution < -0.4 is 20.1 Å². The van der Waals surface area contributed by atoms with Gasteiger partial charge in [-0.2, -0.15) is 0 Å². The Hall–Kier alpha value is -2.32. The summed E-state index contributed by atoms with van der Waals surface area (Å²) in [5, 5.41) is 17.2. The lowest BCUT2D eigenvalue weighted by atomic mass is 10.2. The second-order valence-electron chi connectivity index (χ2n) is 5.45. The van der Waals surface area contributed by atoms with Crippen LogP contribution in [-0.4, -0.2) is 31.7 Å². The van der Waals surface area contributed by atoms with Crippen molar-refractivity contribution in [3.05, 3.63) is 56.5 Å². The number of benzene rings is 2. The van der Waals surface area contributed by atoms with Gasteiger partial charge in [0, 0.05) is 37.5 Å². The minimum Gasteiger partial charge on any atom is -0.492 e. The fraction of sp³-hybridized carbons (Fsp3) is 0.333. The molecule has 0 amide bonds. The third kappa shape index (κ3) is 5.60. The van der Waals surface area contributed by atoms with Crippen molar-refractivity contribution in [2.45, 2.75) is 13.5 Å². The zero-order chi connectivity index (χ0) is 18.9. The highest BCUT2D eigenvalue weighted by Gasteiger charge is 2.11. The van der Waals surface area contributed by atoms with E-state index >= 15 is 0 Å². The number of halogens is 1. The molecule has 0 radical (unpaired) electrons. The number of ether oxygens (including phenoxy) is 2. The Bertz CT molecular complexity index is 738. The highest BCUT2D eigenvalue weighted by atomic mass is 79.9. The number of anilines is 1. The summed E-state index contributed by atoms with van der Waals surface area (Å²) in [6.07, 6.45) is 0. The molecule has 2 rings (SSSR count). The van der Waals surface area contributed by atoms with Gasteiger partial charge in [-0.1, -0.05) is 0 Å². The van der Waals surface area contributed by atoms with E-state index in [9.17, 15) is 10.1 Å². The Kier molecular flexibility index (Phi) is 7.68. The molecule has 26 heavy (non-hydrogen) atoms. The van der Waals surface area contributed by atoms with Crippen LogP contribution in [-0.2, 0) is 6.54 Å². The van der Waals surface area contributed by atoms with Crippen molar-refractivity contribution in [2.24, 2.45) is 0 Å². The molecule has 2 aromatic rings. The number of nitrogens with zero attached hydrogens (tertiary/aromatic N) is 1. The third-order valence-electron chi connectivity index (χ3n) is 3.61. The van der Waals surface area contributed by atoms with Crippen LogP contribution >= 0.6 is 15.9 Å². The van der Waals surface area contributed by atoms with E-state index < -0.39 is 4.92 Å². The predicted molar refractivity (Wildman–Crippen MR) is 105 cm³/mol. The van der Waals surface area contributed by atoms with Gasteiger partial charge in [0.25, 0.3) is 5.69 Å². The SMILES string of the molecule is CCOc1cc(CNCCNc2ccc([N+](=O)[O-])cc2)cc(Br)c1OC. The molecule has 2 N–H and O–H groups in total. The smallest absolute Gasteiger partial charge is 0.269 e. The van der Waals surface area contributed by atoms with Crippen molar-refractivity contribution in [1.29, 1.82) is 0 Å². The van der Waals surface area contributed by atoms with Gasteiger partial charge in [-0.25, -0.2) is 0 Å². The van der Waals surface area contributed by atoms with Crippen LogP contribution in [0.15, 0.2) is 40.9 Å². The lowest BCUT2D eigenvalue weighted by Crippen LogP contribution is -2.21. The van der Waals surface area contributed by atoms with E-state index in [2.05, 4.69) is 26.6 Å². The highest BCUT2D eigenvalue weighted by Crippen LogP contribution is 2.36. The summed E-state index contributed by atoms with van der Waals surface area (Å²) in [4.78, 5) is 10.2. The zero-order valence-corrected chi connectivity index (χ0v) is 16.3. The van der Waals surface area contributed by atoms with Crippen LogP contribution in [0.5, 0.6) is 11.5 Å². The van der Waals surface area contributed by atoms with Crippen molar-refractivity contribution < 1.29 is 14.4 Å². The molecular weight excluding hydrogens is 402 g/mol. The maximum Gasteiger partial charge on any atom is 0.269 e. The Morgan fingerprint density at radius 2 is 1.92 bits per heavy atom. The predicted octanol–water partition coefficient (Wildman–Crippen LogP) is 3.97. The molecule has 0 saturated heterocycles. The molecule has 0 aliphatic rings. The molecular formula is C18H22BrN3O4. The van der Waals surface area contributed by atoms with E-state index in [0.29, 0.717) is 31.2 Å². The van der Waals surface area contributed by atoms with Crippen molar-refractivity contribution in [3.63, 3.8) is 0 Å². The van der Waals surface area contributed by atoms with Crippen molar-refractivity contribution in [2.75, 3.05) is 32.1 Å². The number of nitro benzene ring substituents is 1. The quantitative estimate of drug-likeness (QED) is 0.341. The molecule has 8 heteroatoms. The van der Waals surface area contributed by atoms with Crippen molar-refractivity contribution in [1.82, 2.24) is 5.32 Å². The van der Waals surface area contributed by atoms with Crippen LogP contribution in [0.25, 0.3) is 0 Å². The van der Waals surface area contributed by atoms with Crippen LogP contribution in [0.2, 0.25) is 0 Å². The van der Waals surface area contributed by atoms with Gasteiger partial charge in [0.1, 0.15) is 0 Å². The average Bonchev–Trinajstić information content (AvgIpc) is 2.62. The molecule has 0 aliphatic carbocycles. The van der Waals surface area contributed by atoms with Gasteiger partial charge in [-0.05, 0) is 52.7 Å². The molecule has 0 bridgehead atoms. The number of rotatable bonds is 10. The molecule has 2 aromatic carbocycles. The van der Waals surface area contributed by atoms with Gasteiger partial charge in [0.2, 0.25) is 0 Å². The summed E-state index contributed by atoms with van der Waals surface area (Å²) in [5.74, 6) is 1.40. The first-order chi connectivity index (χ1) is 12.5. The third-order valence-corrected chi connectivity index (χ3v) is 4.20. The first-order valence-corrected chi connectivity index (χ1v) is 9.02. The van der Waals surface area contributed by atoms with Crippen LogP contribution in [0.4, 0.5) is 11.4 Å². The van der Waals surface area contributed by atoms with E-state index in [4.69, 9.17) is 9.47 Å². The van der Waals surface area contributed by atoms with Gasteiger partial charge in [0.15, 0.2) is 11.5 Å². The van der Waals surface area contributed by atoms with Crippen LogP contribution in [0.3, 0.4) is 0 Å². The van der Waals surface area contributed by atoms with Crippen LogP contribution in [0, 0.1) is 10.1 Å². The number of methoxy groups -OCH3 is 1. The molecule has 0 saturated carbocycles. The fourth-order valence-corrected chi connectivity index (χ4v) is 3.06. The largest absolute Gasteiger partial charge is 0.492 e. The molecule has 0 aliphatic heterocycles. The Balaban J connectivity index is 1.81. The lowest BCUT2D eigenvalue weighted by Gasteiger charge is -2.14. The Labute approximate surface area is 161 Å². The maximum atomic E-state index is 10.6. The lowest BCUT2D eigenvalue weighted by molar-refractivity contribution is -0.384. The minimum atomic E-state index is -0.408. The molecule has 7 nitrogen and oxygen atoms in total. The normalized spacial score (nSPS) is 10.4. The van der Waals surface area contributed by atoms with E-state index in [1.54, 1.807) is 19.2 Å². The first-order valence-electron chi connectivity index (χ1n) is 8.23. The number of hydrogen-bond donors (Lipinski definition) is 2. The first kappa shape index (κ1) is 20.0. The summed E-state index contributed by atoms with van der Waals surface area (Å²) in [5.41, 5.74) is 2.02. The number of nitro groups is 1. The summed E-state index contributed by atoms with van der Waals surface area (Å²) in [6.45, 7) is 4.63. The van der Waals surface area contributed by atoms with Crippen molar-refractivity contribution in [3.8, 4) is 11.5 Å². The standard InChI is InChI=1S/C18H22BrN3O4/c1-3-26-17-11-13(10-16(19)18(17)25-2)12-20-8-9-21-14-4-6-15(7-5-14)22(23)24/h4-7,10-11,20-21H,3,8-9,12H2,1-2H3. The topological polar surface area (TPSA) is 85.7 Å². The summed E-state index contributed by atoms with van der Waals surface area (Å²) in [7, 11) is 1.62. The molecule has 0 unspecified atom stereocenters. The monoisotopic (exact) mass is 423 g/mol. The van der Waals surface area contributed by atoms with E-state index in [1.807, 2.05) is 19.1 Å². The molecule has 0 aromatic heterocycles. The van der Waals surface area contributed by atoms with E-state index in [0.717, 1.165) is 22.3 Å². The maximum absolute atomic E-state index is 10.6. The van der Waals surface area contributed by atoms with Crippen LogP contribution in [0.1, 0.15) is 12.5 Å². The summed E-state index contributed by atoms with van der Waals surface area (Å²) < 4.78 is 11.8. The van der Waals surface area contributed by atoms with Gasteiger partial charge in [-0.3, -0.25) is 10.1 Å². The fourth-order valence-electron chi connectivity index (χ4n) is 2.41. The average molecular weight is 424 g/mol. The molecule has 0 heterocycles. The summed E-state index contributed by atoms with van der Waals surface area (Å²) in [6, 6.07) is 10.3. The molecule has 0 spiro atoms. The Morgan fingerprint density at radius 1 is 1.19 bits per heavy atom. The van der Waals surface area contributed by atoms with Gasteiger partial charge < -0.3 is 20.1 Å². The van der Waals surface area contributed by atoms with Gasteiger partial charge >= 0.3 is 0 Å². The highest BCUT2D eigenvalue weighted by molar-refractivity contribution is 9.10. The van der Waals surface area contributed by atoms with Gasteiger partial charge in [0.05, 0.1) is 23.1 Å². The zero-order valence-electron chi connectivity index (χ0n) is 14.8. The van der Waals surface area contributed by atoms with Crippen molar-refractivity contribution >= 4 is 27.3 Å². The second-order valence-corrected chi connectivity index (χ2v) is 6.30. The van der Waals surface area contributed by atoms with E-state index in [-0.39, 0.29) is 5.69 Å². The number of non-ortho nitro benzene ring substituents is 1. The molecule has 140 valence electrons.